The van der Waals surface area contributed by atoms with Crippen molar-refractivity contribution in [2.75, 3.05) is 5.32 Å². The van der Waals surface area contributed by atoms with E-state index in [1.165, 1.54) is 12.1 Å². The Balaban J connectivity index is 1.71. The van der Waals surface area contributed by atoms with Gasteiger partial charge in [-0.25, -0.2) is 0 Å². The molecule has 0 aromatic heterocycles. The summed E-state index contributed by atoms with van der Waals surface area (Å²) in [6.45, 7) is 1.76. The maximum absolute atomic E-state index is 14.2. The molecule has 4 rings (SSSR count). The number of carbonyl (C=O) groups excluding carboxylic acids is 1. The van der Waals surface area contributed by atoms with Gasteiger partial charge in [0.15, 0.2) is 0 Å². The molecule has 34 heavy (non-hydrogen) atoms. The van der Waals surface area contributed by atoms with Gasteiger partial charge >= 0.3 is 6.18 Å². The van der Waals surface area contributed by atoms with E-state index in [1.54, 1.807) is 43.3 Å². The quantitative estimate of drug-likeness (QED) is 0.368. The number of anilines is 1. The van der Waals surface area contributed by atoms with E-state index in [4.69, 9.17) is 39.6 Å². The van der Waals surface area contributed by atoms with Crippen LogP contribution in [0.3, 0.4) is 0 Å². The molecule has 0 saturated heterocycles. The highest BCUT2D eigenvalue weighted by Crippen LogP contribution is 2.48. The first-order valence-corrected chi connectivity index (χ1v) is 11.0. The van der Waals surface area contributed by atoms with Crippen molar-refractivity contribution in [3.05, 3.63) is 104 Å². The van der Waals surface area contributed by atoms with Gasteiger partial charge in [0.05, 0.1) is 5.70 Å². The van der Waals surface area contributed by atoms with Crippen molar-refractivity contribution in [1.29, 1.82) is 0 Å². The van der Waals surface area contributed by atoms with Gasteiger partial charge in [-0.3, -0.25) is 15.1 Å². The summed E-state index contributed by atoms with van der Waals surface area (Å²) in [6, 6.07) is 14.9. The molecular weight excluding hydrogens is 512 g/mol. The zero-order chi connectivity index (χ0) is 24.7. The largest absolute Gasteiger partial charge is 0.428 e. The molecule has 4 nitrogen and oxygen atoms in total. The first-order valence-electron chi connectivity index (χ1n) is 9.87. The smallest absolute Gasteiger partial charge is 0.322 e. The van der Waals surface area contributed by atoms with Gasteiger partial charge in [0.1, 0.15) is 0 Å². The third kappa shape index (κ3) is 4.74. The van der Waals surface area contributed by atoms with E-state index >= 15 is 0 Å². The van der Waals surface area contributed by atoms with Crippen molar-refractivity contribution in [3.8, 4) is 0 Å². The van der Waals surface area contributed by atoms with Gasteiger partial charge < -0.3 is 5.32 Å². The molecule has 0 aliphatic carbocycles. The average Bonchev–Trinajstić information content (AvgIpc) is 3.22. The van der Waals surface area contributed by atoms with E-state index in [9.17, 15) is 18.0 Å². The Labute approximate surface area is 208 Å². The molecule has 3 aromatic carbocycles. The summed E-state index contributed by atoms with van der Waals surface area (Å²) in [5, 5.41) is 3.25. The molecule has 0 spiro atoms. The Bertz CT molecular complexity index is 1290. The minimum Gasteiger partial charge on any atom is -0.322 e. The number of aryl methyl sites for hydroxylation is 1. The second kappa shape index (κ2) is 9.15. The number of benzene rings is 3. The van der Waals surface area contributed by atoms with Crippen LogP contribution in [-0.2, 0) is 10.4 Å². The van der Waals surface area contributed by atoms with Gasteiger partial charge in [-0.1, -0.05) is 53.0 Å². The molecule has 1 aliphatic heterocycles. The van der Waals surface area contributed by atoms with Crippen molar-refractivity contribution in [3.63, 3.8) is 0 Å². The lowest BCUT2D eigenvalue weighted by Gasteiger charge is -2.28. The van der Waals surface area contributed by atoms with Crippen molar-refractivity contribution >= 4 is 52.1 Å². The van der Waals surface area contributed by atoms with Gasteiger partial charge in [-0.05, 0) is 61.0 Å². The fraction of sp³-hybridized carbons (Fsp3) is 0.125. The maximum atomic E-state index is 14.2. The molecule has 0 bridgehead atoms. The van der Waals surface area contributed by atoms with Crippen molar-refractivity contribution < 1.29 is 22.8 Å². The number of nitrogens with one attached hydrogen (secondary N) is 2. The number of amides is 1. The van der Waals surface area contributed by atoms with E-state index in [0.717, 1.165) is 18.2 Å². The van der Waals surface area contributed by atoms with Crippen LogP contribution in [0.15, 0.2) is 66.7 Å². The molecule has 176 valence electrons. The number of hydroxylamine groups is 1. The Kier molecular flexibility index (Phi) is 6.57. The summed E-state index contributed by atoms with van der Waals surface area (Å²) in [5.74, 6) is -0.412. The van der Waals surface area contributed by atoms with E-state index in [-0.39, 0.29) is 21.3 Å². The highest BCUT2D eigenvalue weighted by atomic mass is 35.5. The predicted molar refractivity (Wildman–Crippen MR) is 127 cm³/mol. The Morgan fingerprint density at radius 2 is 1.68 bits per heavy atom. The molecule has 0 saturated carbocycles. The normalized spacial score (nSPS) is 17.8. The van der Waals surface area contributed by atoms with Crippen LogP contribution in [0.25, 0.3) is 5.70 Å². The minimum absolute atomic E-state index is 0.0397. The molecule has 1 unspecified atom stereocenters. The number of rotatable bonds is 4. The topological polar surface area (TPSA) is 50.4 Å². The molecule has 0 radical (unpaired) electrons. The number of hydrogen-bond donors (Lipinski definition) is 2. The standard InChI is InChI=1S/C24H16Cl3F3N2O2/c1-13-5-6-14(8-20(13)31-22(33)15-3-2-4-17(25)7-15)21-12-23(34-32-21,24(28,29)30)16-9-18(26)11-19(27)10-16/h2-12,32H,1H3,(H,31,33). The van der Waals surface area contributed by atoms with Crippen LogP contribution < -0.4 is 10.8 Å². The molecule has 1 aliphatic rings. The minimum atomic E-state index is -4.83. The third-order valence-corrected chi connectivity index (χ3v) is 5.94. The summed E-state index contributed by atoms with van der Waals surface area (Å²) in [5.41, 5.74) is 1.18. The number of carbonyl (C=O) groups is 1. The van der Waals surface area contributed by atoms with Gasteiger partial charge in [0.2, 0.25) is 5.60 Å². The fourth-order valence-corrected chi connectivity index (χ4v) is 4.22. The summed E-state index contributed by atoms with van der Waals surface area (Å²) >= 11 is 17.8. The van der Waals surface area contributed by atoms with Crippen molar-refractivity contribution in [2.45, 2.75) is 18.7 Å². The van der Waals surface area contributed by atoms with Crippen LogP contribution in [0.2, 0.25) is 15.1 Å². The van der Waals surface area contributed by atoms with Crippen LogP contribution in [0.1, 0.15) is 27.0 Å². The van der Waals surface area contributed by atoms with Gasteiger partial charge in [0, 0.05) is 37.4 Å². The highest BCUT2D eigenvalue weighted by Gasteiger charge is 2.59. The van der Waals surface area contributed by atoms with E-state index < -0.39 is 17.7 Å². The zero-order valence-corrected chi connectivity index (χ0v) is 19.7. The van der Waals surface area contributed by atoms with Gasteiger partial charge in [-0.2, -0.15) is 13.2 Å². The van der Waals surface area contributed by atoms with Gasteiger partial charge in [0.25, 0.3) is 5.91 Å². The van der Waals surface area contributed by atoms with Crippen LogP contribution >= 0.6 is 34.8 Å². The van der Waals surface area contributed by atoms with Crippen LogP contribution in [0.4, 0.5) is 18.9 Å². The average molecular weight is 528 g/mol. The van der Waals surface area contributed by atoms with Gasteiger partial charge in [-0.15, -0.1) is 0 Å². The molecule has 10 heteroatoms. The third-order valence-electron chi connectivity index (χ3n) is 5.27. The lowest BCUT2D eigenvalue weighted by Crippen LogP contribution is -2.42. The van der Waals surface area contributed by atoms with Crippen molar-refractivity contribution in [2.24, 2.45) is 0 Å². The van der Waals surface area contributed by atoms with E-state index in [2.05, 4.69) is 10.8 Å². The second-order valence-corrected chi connectivity index (χ2v) is 8.96. The molecular formula is C24H16Cl3F3N2O2. The Hall–Kier alpha value is -2.71. The Morgan fingerprint density at radius 1 is 0.971 bits per heavy atom. The molecule has 3 aromatic rings. The summed E-state index contributed by atoms with van der Waals surface area (Å²) < 4.78 is 42.7. The van der Waals surface area contributed by atoms with E-state index in [0.29, 0.717) is 27.4 Å². The first kappa shape index (κ1) is 24.4. The molecule has 1 heterocycles. The van der Waals surface area contributed by atoms with Crippen LogP contribution in [0, 0.1) is 6.92 Å². The van der Waals surface area contributed by atoms with Crippen LogP contribution in [0.5, 0.6) is 0 Å². The highest BCUT2D eigenvalue weighted by molar-refractivity contribution is 6.34. The molecule has 1 atom stereocenters. The maximum Gasteiger partial charge on any atom is 0.428 e. The van der Waals surface area contributed by atoms with E-state index in [1.807, 2.05) is 0 Å². The zero-order valence-electron chi connectivity index (χ0n) is 17.4. The number of hydrogen-bond acceptors (Lipinski definition) is 3. The van der Waals surface area contributed by atoms with Crippen LogP contribution in [-0.4, -0.2) is 12.1 Å². The molecule has 2 N–H and O–H groups in total. The summed E-state index contributed by atoms with van der Waals surface area (Å²) in [4.78, 5) is 17.8. The summed E-state index contributed by atoms with van der Waals surface area (Å²) in [7, 11) is 0. The Morgan fingerprint density at radius 3 is 2.32 bits per heavy atom. The second-order valence-electron chi connectivity index (χ2n) is 7.65. The number of alkyl halides is 3. The first-order chi connectivity index (χ1) is 16.0. The monoisotopic (exact) mass is 526 g/mol. The SMILES string of the molecule is Cc1ccc(C2=CC(c3cc(Cl)cc(Cl)c3)(C(F)(F)F)ON2)cc1NC(=O)c1cccc(Cl)c1. The summed E-state index contributed by atoms with van der Waals surface area (Å²) in [6.07, 6.45) is -3.91. The number of halogens is 6. The fourth-order valence-electron chi connectivity index (χ4n) is 3.50. The molecule has 0 fully saturated rings. The predicted octanol–water partition coefficient (Wildman–Crippen LogP) is 7.54. The van der Waals surface area contributed by atoms with Crippen molar-refractivity contribution in [1.82, 2.24) is 5.48 Å². The lowest BCUT2D eigenvalue weighted by molar-refractivity contribution is -0.269. The molecule has 1 amide bonds. The lowest BCUT2D eigenvalue weighted by atomic mass is 9.91.